The van der Waals surface area contributed by atoms with Crippen LogP contribution in [0.1, 0.15) is 24.1 Å². The molecule has 1 aliphatic rings. The third-order valence-electron chi connectivity index (χ3n) is 5.97. The maximum absolute atomic E-state index is 13.5. The molecule has 0 aliphatic heterocycles. The van der Waals surface area contributed by atoms with Crippen LogP contribution in [0.4, 0.5) is 0 Å². The number of benzene rings is 2. The van der Waals surface area contributed by atoms with Crippen LogP contribution in [0.15, 0.2) is 90.1 Å². The molecule has 6 rings (SSSR count). The molecule has 0 radical (unpaired) electrons. The lowest BCUT2D eigenvalue weighted by Gasteiger charge is -2.10. The van der Waals surface area contributed by atoms with E-state index >= 15 is 0 Å². The van der Waals surface area contributed by atoms with Gasteiger partial charge in [0.05, 0.1) is 23.3 Å². The van der Waals surface area contributed by atoms with Crippen molar-refractivity contribution in [3.63, 3.8) is 0 Å². The highest BCUT2D eigenvalue weighted by Crippen LogP contribution is 2.50. The van der Waals surface area contributed by atoms with Crippen molar-refractivity contribution in [3.05, 3.63) is 101 Å². The summed E-state index contributed by atoms with van der Waals surface area (Å²) in [4.78, 5) is 18.3. The molecule has 1 fully saturated rings. The zero-order valence-electron chi connectivity index (χ0n) is 16.1. The van der Waals surface area contributed by atoms with Gasteiger partial charge in [-0.3, -0.25) is 9.78 Å². The van der Waals surface area contributed by atoms with Crippen LogP contribution in [-0.4, -0.2) is 19.7 Å². The first-order chi connectivity index (χ1) is 14.8. The van der Waals surface area contributed by atoms with E-state index in [4.69, 9.17) is 4.98 Å². The van der Waals surface area contributed by atoms with Crippen LogP contribution in [0.2, 0.25) is 0 Å². The number of hydrogen-bond donors (Lipinski definition) is 0. The number of fused-ring (bicyclic) bond motifs is 2. The summed E-state index contributed by atoms with van der Waals surface area (Å²) in [6, 6.07) is 22.3. The van der Waals surface area contributed by atoms with E-state index in [-0.39, 0.29) is 17.5 Å². The summed E-state index contributed by atoms with van der Waals surface area (Å²) in [7, 11) is 0. The SMILES string of the molecule is O=c1c2c(-c3ccnnc3)cccc2ccn1[C@@H]1C[C@H]1c1ccc2ccccc2n1. The molecule has 1 aliphatic carbocycles. The lowest BCUT2D eigenvalue weighted by atomic mass is 10.0. The van der Waals surface area contributed by atoms with Crippen molar-refractivity contribution in [1.29, 1.82) is 0 Å². The first kappa shape index (κ1) is 17.0. The predicted octanol–water partition coefficient (Wildman–Crippen LogP) is 4.74. The van der Waals surface area contributed by atoms with E-state index in [1.54, 1.807) is 12.4 Å². The Balaban J connectivity index is 1.43. The summed E-state index contributed by atoms with van der Waals surface area (Å²) < 4.78 is 1.88. The van der Waals surface area contributed by atoms with E-state index in [1.807, 2.05) is 59.3 Å². The van der Waals surface area contributed by atoms with Gasteiger partial charge < -0.3 is 4.57 Å². The van der Waals surface area contributed by atoms with Gasteiger partial charge in [-0.2, -0.15) is 10.2 Å². The van der Waals surface area contributed by atoms with Crippen LogP contribution in [-0.2, 0) is 0 Å². The molecular weight excluding hydrogens is 372 g/mol. The molecule has 144 valence electrons. The number of nitrogens with zero attached hydrogens (tertiary/aromatic N) is 4. The van der Waals surface area contributed by atoms with Gasteiger partial charge in [-0.25, -0.2) is 0 Å². The molecule has 2 aromatic carbocycles. The van der Waals surface area contributed by atoms with Gasteiger partial charge in [0, 0.05) is 34.8 Å². The molecule has 0 unspecified atom stereocenters. The molecule has 5 heteroatoms. The maximum Gasteiger partial charge on any atom is 0.259 e. The zero-order valence-corrected chi connectivity index (χ0v) is 16.1. The van der Waals surface area contributed by atoms with Crippen LogP contribution < -0.4 is 5.56 Å². The fourth-order valence-electron chi connectivity index (χ4n) is 4.35. The van der Waals surface area contributed by atoms with Crippen LogP contribution in [0, 0.1) is 0 Å². The molecule has 30 heavy (non-hydrogen) atoms. The molecule has 5 aromatic rings. The highest BCUT2D eigenvalue weighted by Gasteiger charge is 2.41. The zero-order chi connectivity index (χ0) is 20.1. The Morgan fingerprint density at radius 1 is 0.867 bits per heavy atom. The first-order valence-corrected chi connectivity index (χ1v) is 10.1. The summed E-state index contributed by atoms with van der Waals surface area (Å²) in [5, 5.41) is 10.6. The van der Waals surface area contributed by atoms with Crippen LogP contribution in [0.5, 0.6) is 0 Å². The number of hydrogen-bond acceptors (Lipinski definition) is 4. The fourth-order valence-corrected chi connectivity index (χ4v) is 4.35. The lowest BCUT2D eigenvalue weighted by molar-refractivity contribution is 0.688. The Labute approximate surface area is 172 Å². The third-order valence-corrected chi connectivity index (χ3v) is 5.97. The molecule has 0 N–H and O–H groups in total. The molecule has 1 saturated carbocycles. The van der Waals surface area contributed by atoms with E-state index in [0.717, 1.165) is 44.9 Å². The maximum atomic E-state index is 13.5. The Morgan fingerprint density at radius 2 is 1.77 bits per heavy atom. The Hall–Kier alpha value is -3.86. The van der Waals surface area contributed by atoms with Gasteiger partial charge in [0.25, 0.3) is 5.56 Å². The topological polar surface area (TPSA) is 60.7 Å². The average Bonchev–Trinajstić information content (AvgIpc) is 3.60. The number of pyridine rings is 2. The van der Waals surface area contributed by atoms with E-state index in [0.29, 0.717) is 0 Å². The van der Waals surface area contributed by atoms with Crippen LogP contribution >= 0.6 is 0 Å². The Bertz CT molecular complexity index is 1460. The fraction of sp³-hybridized carbons (Fsp3) is 0.120. The van der Waals surface area contributed by atoms with Gasteiger partial charge in [-0.15, -0.1) is 0 Å². The molecule has 3 heterocycles. The van der Waals surface area contributed by atoms with Gasteiger partial charge >= 0.3 is 0 Å². The van der Waals surface area contributed by atoms with Gasteiger partial charge in [-0.05, 0) is 41.6 Å². The second-order valence-corrected chi connectivity index (χ2v) is 7.77. The quantitative estimate of drug-likeness (QED) is 0.447. The molecule has 5 nitrogen and oxygen atoms in total. The van der Waals surface area contributed by atoms with Crippen molar-refractivity contribution < 1.29 is 0 Å². The highest BCUT2D eigenvalue weighted by atomic mass is 16.1. The van der Waals surface area contributed by atoms with Crippen molar-refractivity contribution in [2.24, 2.45) is 0 Å². The smallest absolute Gasteiger partial charge is 0.259 e. The molecule has 0 bridgehead atoms. The summed E-state index contributed by atoms with van der Waals surface area (Å²) in [6.07, 6.45) is 6.20. The van der Waals surface area contributed by atoms with Crippen molar-refractivity contribution in [2.45, 2.75) is 18.4 Å². The van der Waals surface area contributed by atoms with Crippen molar-refractivity contribution in [3.8, 4) is 11.1 Å². The Morgan fingerprint density at radius 3 is 2.67 bits per heavy atom. The summed E-state index contributed by atoms with van der Waals surface area (Å²) in [6.45, 7) is 0. The molecule has 2 atom stereocenters. The van der Waals surface area contributed by atoms with Gasteiger partial charge in [0.2, 0.25) is 0 Å². The molecule has 3 aromatic heterocycles. The summed E-state index contributed by atoms with van der Waals surface area (Å²) in [5.41, 5.74) is 3.88. The van der Waals surface area contributed by atoms with Gasteiger partial charge in [-0.1, -0.05) is 42.5 Å². The van der Waals surface area contributed by atoms with E-state index in [1.165, 1.54) is 0 Å². The molecule has 0 amide bonds. The lowest BCUT2D eigenvalue weighted by Crippen LogP contribution is -2.19. The number of para-hydroxylation sites is 1. The van der Waals surface area contributed by atoms with Crippen molar-refractivity contribution in [2.75, 3.05) is 0 Å². The van der Waals surface area contributed by atoms with E-state index in [2.05, 4.69) is 28.4 Å². The number of rotatable bonds is 3. The molecular formula is C25H18N4O. The minimum Gasteiger partial charge on any atom is -0.311 e. The normalized spacial score (nSPS) is 18.0. The second-order valence-electron chi connectivity index (χ2n) is 7.77. The minimum atomic E-state index is 0.0354. The Kier molecular flexibility index (Phi) is 3.74. The summed E-state index contributed by atoms with van der Waals surface area (Å²) in [5.74, 6) is 0.263. The standard InChI is InChI=1S/C25H18N4O/c30-25-24-17(5-3-6-19(24)18-10-12-26-27-15-18)11-13-29(25)23-14-20(23)22-9-8-16-4-1-2-7-21(16)28-22/h1-13,15,20,23H,14H2/t20-,23+/m0/s1. The van der Waals surface area contributed by atoms with Crippen LogP contribution in [0.25, 0.3) is 32.8 Å². The first-order valence-electron chi connectivity index (χ1n) is 10.1. The average molecular weight is 390 g/mol. The monoisotopic (exact) mass is 390 g/mol. The van der Waals surface area contributed by atoms with Gasteiger partial charge in [0.1, 0.15) is 0 Å². The minimum absolute atomic E-state index is 0.0354. The highest BCUT2D eigenvalue weighted by molar-refractivity contribution is 5.95. The van der Waals surface area contributed by atoms with Crippen LogP contribution in [0.3, 0.4) is 0 Å². The molecule has 0 spiro atoms. The van der Waals surface area contributed by atoms with Crippen molar-refractivity contribution in [1.82, 2.24) is 19.7 Å². The van der Waals surface area contributed by atoms with E-state index < -0.39 is 0 Å². The van der Waals surface area contributed by atoms with E-state index in [9.17, 15) is 4.79 Å². The predicted molar refractivity (Wildman–Crippen MR) is 117 cm³/mol. The largest absolute Gasteiger partial charge is 0.311 e. The number of aromatic nitrogens is 4. The van der Waals surface area contributed by atoms with Crippen molar-refractivity contribution >= 4 is 21.7 Å². The molecule has 0 saturated heterocycles. The second kappa shape index (κ2) is 6.59. The summed E-state index contributed by atoms with van der Waals surface area (Å²) >= 11 is 0. The third kappa shape index (κ3) is 2.70. The van der Waals surface area contributed by atoms with Gasteiger partial charge in [0.15, 0.2) is 0 Å².